The van der Waals surface area contributed by atoms with Gasteiger partial charge in [0.05, 0.1) is 19.4 Å². The molecule has 0 fully saturated rings. The van der Waals surface area contributed by atoms with Gasteiger partial charge >= 0.3 is 0 Å². The number of fused-ring (bicyclic) bond motifs is 1. The van der Waals surface area contributed by atoms with Gasteiger partial charge in [-0.05, 0) is 25.0 Å². The number of aromatic nitrogens is 2. The zero-order valence-electron chi connectivity index (χ0n) is 11.0. The number of hydrogen-bond acceptors (Lipinski definition) is 3. The second kappa shape index (κ2) is 5.05. The van der Waals surface area contributed by atoms with Crippen molar-refractivity contribution in [3.63, 3.8) is 0 Å². The highest BCUT2D eigenvalue weighted by Gasteiger charge is 2.22. The molecule has 0 bridgehead atoms. The smallest absolute Gasteiger partial charge is 0.119 e. The molecule has 1 unspecified atom stereocenters. The molecule has 1 aromatic carbocycles. The van der Waals surface area contributed by atoms with E-state index in [0.29, 0.717) is 0 Å². The van der Waals surface area contributed by atoms with E-state index in [1.54, 1.807) is 7.11 Å². The van der Waals surface area contributed by atoms with Crippen molar-refractivity contribution in [3.05, 3.63) is 36.3 Å². The Labute approximate surface area is 112 Å². The molecular weight excluding hydrogens is 240 g/mol. The van der Waals surface area contributed by atoms with E-state index in [4.69, 9.17) is 9.72 Å². The van der Waals surface area contributed by atoms with Crippen LogP contribution in [-0.4, -0.2) is 28.4 Å². The summed E-state index contributed by atoms with van der Waals surface area (Å²) in [7, 11) is 1.67. The van der Waals surface area contributed by atoms with Gasteiger partial charge in [0, 0.05) is 24.2 Å². The summed E-state index contributed by atoms with van der Waals surface area (Å²) in [6.07, 6.45) is 4.20. The monoisotopic (exact) mass is 258 g/mol. The van der Waals surface area contributed by atoms with Crippen LogP contribution in [0.2, 0.25) is 0 Å². The van der Waals surface area contributed by atoms with E-state index in [1.807, 2.05) is 24.3 Å². The van der Waals surface area contributed by atoms with E-state index in [-0.39, 0.29) is 12.5 Å². The number of nitrogens with zero attached hydrogens (tertiary/aromatic N) is 2. The van der Waals surface area contributed by atoms with Crippen molar-refractivity contribution in [1.29, 1.82) is 0 Å². The number of methoxy groups -OCH3 is 1. The summed E-state index contributed by atoms with van der Waals surface area (Å²) in [5.41, 5.74) is 2.01. The Bertz CT molecular complexity index is 577. The van der Waals surface area contributed by atoms with Crippen molar-refractivity contribution in [2.24, 2.45) is 0 Å². The van der Waals surface area contributed by atoms with Crippen molar-refractivity contribution in [3.8, 4) is 17.0 Å². The third kappa shape index (κ3) is 2.24. The van der Waals surface area contributed by atoms with Gasteiger partial charge in [-0.15, -0.1) is 0 Å². The lowest BCUT2D eigenvalue weighted by Gasteiger charge is -2.21. The molecule has 0 saturated heterocycles. The van der Waals surface area contributed by atoms with Crippen LogP contribution in [0.4, 0.5) is 0 Å². The van der Waals surface area contributed by atoms with E-state index < -0.39 is 0 Å². The summed E-state index contributed by atoms with van der Waals surface area (Å²) in [6, 6.07) is 7.92. The van der Waals surface area contributed by atoms with Gasteiger partial charge in [-0.25, -0.2) is 4.98 Å². The number of hydrogen-bond donors (Lipinski definition) is 1. The molecule has 2 aromatic rings. The average Bonchev–Trinajstić information content (AvgIpc) is 2.91. The number of aliphatic hydroxyl groups is 1. The first-order chi connectivity index (χ1) is 9.31. The van der Waals surface area contributed by atoms with Gasteiger partial charge in [0.25, 0.3) is 0 Å². The minimum atomic E-state index is 0.174. The topological polar surface area (TPSA) is 47.3 Å². The Morgan fingerprint density at radius 2 is 2.37 bits per heavy atom. The molecular formula is C15H18N2O2. The first kappa shape index (κ1) is 12.2. The molecule has 1 aliphatic heterocycles. The molecule has 19 heavy (non-hydrogen) atoms. The Morgan fingerprint density at radius 1 is 1.47 bits per heavy atom. The summed E-state index contributed by atoms with van der Waals surface area (Å²) in [5.74, 6) is 2.02. The standard InChI is InChI=1S/C15H18N2O2/c1-19-13-6-2-4-11(8-13)14-9-17-7-3-5-12(10-18)15(17)16-14/h2,4,6,8-9,12,18H,3,5,7,10H2,1H3. The third-order valence-corrected chi connectivity index (χ3v) is 3.71. The quantitative estimate of drug-likeness (QED) is 0.919. The van der Waals surface area contributed by atoms with Crippen LogP contribution in [0.1, 0.15) is 24.6 Å². The molecule has 1 aliphatic rings. The summed E-state index contributed by atoms with van der Waals surface area (Å²) in [5, 5.41) is 9.43. The van der Waals surface area contributed by atoms with Crippen molar-refractivity contribution in [2.75, 3.05) is 13.7 Å². The SMILES string of the molecule is COc1cccc(-c2cn3c(n2)C(CO)CCC3)c1. The van der Waals surface area contributed by atoms with Gasteiger partial charge in [-0.3, -0.25) is 0 Å². The predicted octanol–water partition coefficient (Wildman–Crippen LogP) is 2.43. The number of aryl methyl sites for hydroxylation is 1. The minimum absolute atomic E-state index is 0.174. The third-order valence-electron chi connectivity index (χ3n) is 3.71. The molecule has 0 spiro atoms. The zero-order valence-corrected chi connectivity index (χ0v) is 11.0. The molecule has 4 nitrogen and oxygen atoms in total. The van der Waals surface area contributed by atoms with Crippen molar-refractivity contribution < 1.29 is 9.84 Å². The molecule has 0 saturated carbocycles. The fraction of sp³-hybridized carbons (Fsp3) is 0.400. The lowest BCUT2D eigenvalue weighted by molar-refractivity contribution is 0.238. The normalized spacial score (nSPS) is 18.1. The Morgan fingerprint density at radius 3 is 3.16 bits per heavy atom. The molecule has 1 atom stereocenters. The fourth-order valence-electron chi connectivity index (χ4n) is 2.67. The lowest BCUT2D eigenvalue weighted by atomic mass is 10.0. The second-order valence-electron chi connectivity index (χ2n) is 4.93. The number of imidazole rings is 1. The summed E-state index contributed by atoms with van der Waals surface area (Å²) in [6.45, 7) is 1.16. The minimum Gasteiger partial charge on any atom is -0.497 e. The van der Waals surface area contributed by atoms with Crippen LogP contribution in [0.25, 0.3) is 11.3 Å². The van der Waals surface area contributed by atoms with Crippen LogP contribution >= 0.6 is 0 Å². The van der Waals surface area contributed by atoms with Gasteiger partial charge in [0.1, 0.15) is 11.6 Å². The molecule has 0 amide bonds. The Balaban J connectivity index is 1.99. The zero-order chi connectivity index (χ0) is 13.2. The van der Waals surface area contributed by atoms with Crippen LogP contribution in [0.5, 0.6) is 5.75 Å². The molecule has 3 rings (SSSR count). The van der Waals surface area contributed by atoms with Gasteiger partial charge in [-0.2, -0.15) is 0 Å². The van der Waals surface area contributed by atoms with E-state index in [1.165, 1.54) is 0 Å². The van der Waals surface area contributed by atoms with Gasteiger partial charge < -0.3 is 14.4 Å². The van der Waals surface area contributed by atoms with Crippen molar-refractivity contribution in [1.82, 2.24) is 9.55 Å². The highest BCUT2D eigenvalue weighted by Crippen LogP contribution is 2.30. The van der Waals surface area contributed by atoms with Crippen LogP contribution in [0.15, 0.2) is 30.5 Å². The van der Waals surface area contributed by atoms with E-state index in [0.717, 1.165) is 42.2 Å². The average molecular weight is 258 g/mol. The van der Waals surface area contributed by atoms with Crippen LogP contribution in [-0.2, 0) is 6.54 Å². The number of ether oxygens (including phenoxy) is 1. The maximum Gasteiger partial charge on any atom is 0.119 e. The molecule has 100 valence electrons. The molecule has 1 aromatic heterocycles. The summed E-state index contributed by atoms with van der Waals surface area (Å²) in [4.78, 5) is 4.70. The Hall–Kier alpha value is -1.81. The second-order valence-corrected chi connectivity index (χ2v) is 4.93. The van der Waals surface area contributed by atoms with Crippen molar-refractivity contribution >= 4 is 0 Å². The van der Waals surface area contributed by atoms with Crippen LogP contribution in [0, 0.1) is 0 Å². The lowest BCUT2D eigenvalue weighted by Crippen LogP contribution is -2.18. The first-order valence-corrected chi connectivity index (χ1v) is 6.64. The molecule has 4 heteroatoms. The molecule has 1 N–H and O–H groups in total. The van der Waals surface area contributed by atoms with Crippen LogP contribution < -0.4 is 4.74 Å². The first-order valence-electron chi connectivity index (χ1n) is 6.64. The molecule has 0 aliphatic carbocycles. The predicted molar refractivity (Wildman–Crippen MR) is 73.3 cm³/mol. The van der Waals surface area contributed by atoms with E-state index in [2.05, 4.69) is 10.8 Å². The molecule has 0 radical (unpaired) electrons. The van der Waals surface area contributed by atoms with Gasteiger partial charge in [-0.1, -0.05) is 12.1 Å². The molecule has 2 heterocycles. The number of rotatable bonds is 3. The maximum atomic E-state index is 9.43. The summed E-state index contributed by atoms with van der Waals surface area (Å²) >= 11 is 0. The van der Waals surface area contributed by atoms with E-state index >= 15 is 0 Å². The van der Waals surface area contributed by atoms with E-state index in [9.17, 15) is 5.11 Å². The number of aliphatic hydroxyl groups excluding tert-OH is 1. The highest BCUT2D eigenvalue weighted by molar-refractivity contribution is 5.61. The van der Waals surface area contributed by atoms with Gasteiger partial charge in [0.2, 0.25) is 0 Å². The van der Waals surface area contributed by atoms with Gasteiger partial charge in [0.15, 0.2) is 0 Å². The Kier molecular flexibility index (Phi) is 3.25. The highest BCUT2D eigenvalue weighted by atomic mass is 16.5. The van der Waals surface area contributed by atoms with Crippen LogP contribution in [0.3, 0.4) is 0 Å². The maximum absolute atomic E-state index is 9.43. The number of benzene rings is 1. The summed E-state index contributed by atoms with van der Waals surface area (Å²) < 4.78 is 7.41. The van der Waals surface area contributed by atoms with Crippen molar-refractivity contribution in [2.45, 2.75) is 25.3 Å². The fourth-order valence-corrected chi connectivity index (χ4v) is 2.67. The largest absolute Gasteiger partial charge is 0.497 e.